The molecule has 0 aliphatic heterocycles. The van der Waals surface area contributed by atoms with E-state index in [9.17, 15) is 9.59 Å². The van der Waals surface area contributed by atoms with Gasteiger partial charge in [0.2, 0.25) is 5.91 Å². The molecule has 7 heteroatoms. The van der Waals surface area contributed by atoms with Gasteiger partial charge in [-0.15, -0.1) is 11.3 Å². The molecule has 0 aliphatic carbocycles. The minimum absolute atomic E-state index is 0.0465. The summed E-state index contributed by atoms with van der Waals surface area (Å²) in [7, 11) is 0. The van der Waals surface area contributed by atoms with Gasteiger partial charge in [-0.25, -0.2) is 9.97 Å². The highest BCUT2D eigenvalue weighted by Gasteiger charge is 2.12. The van der Waals surface area contributed by atoms with Crippen molar-refractivity contribution in [2.45, 2.75) is 26.9 Å². The van der Waals surface area contributed by atoms with Crippen LogP contribution in [0.2, 0.25) is 0 Å². The average molecular weight is 354 g/mol. The Labute approximate surface area is 149 Å². The molecule has 0 unspecified atom stereocenters. The molecular weight excluding hydrogens is 336 g/mol. The Bertz CT molecular complexity index is 961. The van der Waals surface area contributed by atoms with Crippen molar-refractivity contribution in [3.8, 4) is 10.6 Å². The van der Waals surface area contributed by atoms with Crippen molar-refractivity contribution in [2.75, 3.05) is 0 Å². The maximum absolute atomic E-state index is 12.1. The Morgan fingerprint density at radius 3 is 2.80 bits per heavy atom. The lowest BCUT2D eigenvalue weighted by molar-refractivity contribution is -0.121. The van der Waals surface area contributed by atoms with E-state index in [4.69, 9.17) is 0 Å². The molecule has 6 nitrogen and oxygen atoms in total. The molecule has 0 bridgehead atoms. The first-order chi connectivity index (χ1) is 12.0. The number of carbonyl (C=O) groups excluding carboxylic acids is 1. The normalized spacial score (nSPS) is 10.6. The summed E-state index contributed by atoms with van der Waals surface area (Å²) in [5.74, 6) is -0.236. The van der Waals surface area contributed by atoms with Gasteiger partial charge in [-0.1, -0.05) is 24.3 Å². The Hall–Kier alpha value is -2.80. The zero-order valence-electron chi connectivity index (χ0n) is 14.0. The number of thiazole rings is 1. The van der Waals surface area contributed by atoms with Gasteiger partial charge in [-0.3, -0.25) is 14.2 Å². The van der Waals surface area contributed by atoms with Crippen LogP contribution >= 0.6 is 11.3 Å². The van der Waals surface area contributed by atoms with Crippen molar-refractivity contribution < 1.29 is 4.79 Å². The van der Waals surface area contributed by atoms with Gasteiger partial charge in [0.1, 0.15) is 11.6 Å². The zero-order chi connectivity index (χ0) is 17.8. The number of benzene rings is 1. The summed E-state index contributed by atoms with van der Waals surface area (Å²) in [5.41, 5.74) is 2.93. The monoisotopic (exact) mass is 354 g/mol. The van der Waals surface area contributed by atoms with E-state index in [0.717, 1.165) is 21.1 Å². The van der Waals surface area contributed by atoms with Gasteiger partial charge >= 0.3 is 0 Å². The highest BCUT2D eigenvalue weighted by molar-refractivity contribution is 7.15. The Balaban J connectivity index is 1.68. The Morgan fingerprint density at radius 2 is 2.04 bits per heavy atom. The molecule has 3 rings (SSSR count). The first kappa shape index (κ1) is 17.0. The predicted molar refractivity (Wildman–Crippen MR) is 97.4 cm³/mol. The average Bonchev–Trinajstić information content (AvgIpc) is 2.96. The van der Waals surface area contributed by atoms with Gasteiger partial charge < -0.3 is 5.32 Å². The fourth-order valence-corrected chi connectivity index (χ4v) is 3.50. The second-order valence-electron chi connectivity index (χ2n) is 5.67. The smallest absolute Gasteiger partial charge is 0.253 e. The highest BCUT2D eigenvalue weighted by atomic mass is 32.1. The van der Waals surface area contributed by atoms with E-state index in [1.54, 1.807) is 11.3 Å². The molecule has 0 saturated carbocycles. The minimum atomic E-state index is -0.249. The third-order valence-electron chi connectivity index (χ3n) is 3.82. The third kappa shape index (κ3) is 4.00. The molecule has 1 aromatic carbocycles. The summed E-state index contributed by atoms with van der Waals surface area (Å²) in [4.78, 5) is 33.2. The first-order valence-electron chi connectivity index (χ1n) is 7.84. The number of aryl methyl sites for hydroxylation is 2. The molecular formula is C18H18N4O2S. The highest BCUT2D eigenvalue weighted by Crippen LogP contribution is 2.29. The summed E-state index contributed by atoms with van der Waals surface area (Å²) in [6.45, 7) is 4.34. The number of aromatic nitrogens is 3. The number of nitrogens with one attached hydrogen (secondary N) is 1. The van der Waals surface area contributed by atoms with Crippen LogP contribution in [0.4, 0.5) is 0 Å². The van der Waals surface area contributed by atoms with Crippen LogP contribution in [-0.4, -0.2) is 20.4 Å². The van der Waals surface area contributed by atoms with Crippen LogP contribution in [-0.2, 0) is 17.9 Å². The fraction of sp³-hybridized carbons (Fsp3) is 0.222. The number of nitrogens with zero attached hydrogens (tertiary/aromatic N) is 3. The lowest BCUT2D eigenvalue weighted by Gasteiger charge is -2.05. The molecule has 2 aromatic heterocycles. The zero-order valence-corrected chi connectivity index (χ0v) is 14.8. The van der Waals surface area contributed by atoms with Gasteiger partial charge in [0.15, 0.2) is 0 Å². The molecule has 25 heavy (non-hydrogen) atoms. The van der Waals surface area contributed by atoms with Crippen molar-refractivity contribution in [1.29, 1.82) is 0 Å². The van der Waals surface area contributed by atoms with Gasteiger partial charge in [-0.2, -0.15) is 0 Å². The van der Waals surface area contributed by atoms with Crippen molar-refractivity contribution >= 4 is 17.2 Å². The standard InChI is InChI=1S/C18H18N4O2S/c1-12-5-3-4-6-14(12)18-21-13(2)15(25-18)9-20-16(23)10-22-11-19-8-7-17(22)24/h3-8,11H,9-10H2,1-2H3,(H,20,23). The van der Waals surface area contributed by atoms with Crippen LogP contribution in [0.15, 0.2) is 47.7 Å². The van der Waals surface area contributed by atoms with Crippen molar-refractivity contribution in [2.24, 2.45) is 0 Å². The van der Waals surface area contributed by atoms with E-state index >= 15 is 0 Å². The summed E-state index contributed by atoms with van der Waals surface area (Å²) < 4.78 is 1.27. The third-order valence-corrected chi connectivity index (χ3v) is 5.01. The van der Waals surface area contributed by atoms with E-state index in [-0.39, 0.29) is 18.0 Å². The number of hydrogen-bond acceptors (Lipinski definition) is 5. The molecule has 0 saturated heterocycles. The van der Waals surface area contributed by atoms with Crippen LogP contribution in [0.1, 0.15) is 16.1 Å². The minimum Gasteiger partial charge on any atom is -0.350 e. The van der Waals surface area contributed by atoms with Crippen LogP contribution in [0, 0.1) is 13.8 Å². The SMILES string of the molecule is Cc1ccccc1-c1nc(C)c(CNC(=O)Cn2cnccc2=O)s1. The van der Waals surface area contributed by atoms with Crippen molar-refractivity contribution in [1.82, 2.24) is 19.9 Å². The number of carbonyl (C=O) groups is 1. The Morgan fingerprint density at radius 1 is 1.24 bits per heavy atom. The number of amides is 1. The molecule has 128 valence electrons. The van der Waals surface area contributed by atoms with E-state index < -0.39 is 0 Å². The topological polar surface area (TPSA) is 76.9 Å². The maximum atomic E-state index is 12.1. The second-order valence-corrected chi connectivity index (χ2v) is 6.75. The van der Waals surface area contributed by atoms with Crippen LogP contribution in [0.25, 0.3) is 10.6 Å². The molecule has 0 fully saturated rings. The Kier molecular flexibility index (Phi) is 5.04. The summed E-state index contributed by atoms with van der Waals surface area (Å²) >= 11 is 1.57. The molecule has 1 N–H and O–H groups in total. The van der Waals surface area contributed by atoms with Crippen LogP contribution in [0.5, 0.6) is 0 Å². The lowest BCUT2D eigenvalue weighted by atomic mass is 10.1. The van der Waals surface area contributed by atoms with Gasteiger partial charge in [0.25, 0.3) is 5.56 Å². The van der Waals surface area contributed by atoms with Gasteiger partial charge in [-0.05, 0) is 19.4 Å². The fourth-order valence-electron chi connectivity index (χ4n) is 2.41. The molecule has 1 amide bonds. The van der Waals surface area contributed by atoms with Gasteiger partial charge in [0.05, 0.1) is 18.6 Å². The molecule has 0 atom stereocenters. The molecule has 0 radical (unpaired) electrons. The quantitative estimate of drug-likeness (QED) is 0.763. The van der Waals surface area contributed by atoms with Crippen LogP contribution in [0.3, 0.4) is 0 Å². The number of rotatable bonds is 5. The molecule has 0 spiro atoms. The van der Waals surface area contributed by atoms with Crippen molar-refractivity contribution in [3.05, 3.63) is 69.3 Å². The molecule has 0 aliphatic rings. The maximum Gasteiger partial charge on any atom is 0.253 e. The van der Waals surface area contributed by atoms with E-state index in [0.29, 0.717) is 6.54 Å². The van der Waals surface area contributed by atoms with Crippen LogP contribution < -0.4 is 10.9 Å². The van der Waals surface area contributed by atoms with E-state index in [2.05, 4.69) is 28.3 Å². The van der Waals surface area contributed by atoms with E-state index in [1.807, 2.05) is 25.1 Å². The lowest BCUT2D eigenvalue weighted by Crippen LogP contribution is -2.31. The largest absolute Gasteiger partial charge is 0.350 e. The summed E-state index contributed by atoms with van der Waals surface area (Å²) in [6.07, 6.45) is 2.76. The first-order valence-corrected chi connectivity index (χ1v) is 8.65. The molecule has 2 heterocycles. The van der Waals surface area contributed by atoms with E-state index in [1.165, 1.54) is 28.7 Å². The second kappa shape index (κ2) is 7.40. The number of hydrogen-bond donors (Lipinski definition) is 1. The van der Waals surface area contributed by atoms with Crippen molar-refractivity contribution in [3.63, 3.8) is 0 Å². The summed E-state index contributed by atoms with van der Waals surface area (Å²) in [5, 5.41) is 3.79. The van der Waals surface area contributed by atoms with Gasteiger partial charge in [0, 0.05) is 22.7 Å². The predicted octanol–water partition coefficient (Wildman–Crippen LogP) is 2.30. The summed E-state index contributed by atoms with van der Waals surface area (Å²) in [6, 6.07) is 9.42. The molecule has 3 aromatic rings.